The first-order chi connectivity index (χ1) is 12.5. The Balaban J connectivity index is 1.98. The molecule has 27 heavy (non-hydrogen) atoms. The van der Waals surface area contributed by atoms with Crippen LogP contribution in [0.3, 0.4) is 0 Å². The monoisotopic (exact) mass is 379 g/mol. The smallest absolute Gasteiger partial charge is 0.405 e. The Morgan fingerprint density at radius 3 is 2.41 bits per heavy atom. The number of carbonyl (C=O) groups excluding carboxylic acids is 2. The van der Waals surface area contributed by atoms with E-state index < -0.39 is 17.0 Å². The van der Waals surface area contributed by atoms with Crippen LogP contribution in [0, 0.1) is 5.41 Å². The van der Waals surface area contributed by atoms with Gasteiger partial charge in [-0.3, -0.25) is 9.36 Å². The van der Waals surface area contributed by atoms with Crippen molar-refractivity contribution in [3.05, 3.63) is 18.7 Å². The Kier molecular flexibility index (Phi) is 6.25. The highest BCUT2D eigenvalue weighted by molar-refractivity contribution is 5.94. The van der Waals surface area contributed by atoms with E-state index in [-0.39, 0.29) is 11.8 Å². The third kappa shape index (κ3) is 5.29. The zero-order chi connectivity index (χ0) is 20.2. The summed E-state index contributed by atoms with van der Waals surface area (Å²) in [5.74, 6) is -0.159. The second-order valence-corrected chi connectivity index (χ2v) is 8.14. The van der Waals surface area contributed by atoms with E-state index in [9.17, 15) is 14.4 Å². The second kappa shape index (κ2) is 8.08. The highest BCUT2D eigenvalue weighted by atomic mass is 16.4. The predicted octanol–water partition coefficient (Wildman–Crippen LogP) is 1.50. The molecule has 9 nitrogen and oxygen atoms in total. The van der Waals surface area contributed by atoms with Crippen LogP contribution in [-0.2, 0) is 4.79 Å². The molecule has 1 fully saturated rings. The molecule has 0 aliphatic carbocycles. The fraction of sp³-hybridized carbons (Fsp3) is 0.667. The van der Waals surface area contributed by atoms with E-state index in [4.69, 9.17) is 5.11 Å². The number of hydrogen-bond acceptors (Lipinski definition) is 5. The van der Waals surface area contributed by atoms with Crippen LogP contribution in [0.15, 0.2) is 18.7 Å². The molecule has 0 saturated carbocycles. The molecule has 0 aromatic carbocycles. The van der Waals surface area contributed by atoms with Crippen LogP contribution in [0.1, 0.15) is 34.1 Å². The summed E-state index contributed by atoms with van der Waals surface area (Å²) >= 11 is 0. The number of hydrogen-bond donors (Lipinski definition) is 2. The molecule has 2 N–H and O–H groups in total. The van der Waals surface area contributed by atoms with Gasteiger partial charge in [-0.1, -0.05) is 13.8 Å². The Labute approximate surface area is 159 Å². The minimum atomic E-state index is -1.22. The van der Waals surface area contributed by atoms with Gasteiger partial charge in [-0.2, -0.15) is 0 Å². The second-order valence-electron chi connectivity index (χ2n) is 8.14. The molecule has 1 saturated heterocycles. The highest BCUT2D eigenvalue weighted by Gasteiger charge is 2.41. The first kappa shape index (κ1) is 20.9. The van der Waals surface area contributed by atoms with Crippen LogP contribution >= 0.6 is 0 Å². The van der Waals surface area contributed by atoms with Crippen LogP contribution < -0.4 is 5.32 Å². The number of amides is 2. The van der Waals surface area contributed by atoms with E-state index in [1.54, 1.807) is 31.1 Å². The average Bonchev–Trinajstić information content (AvgIpc) is 3.00. The van der Waals surface area contributed by atoms with Crippen molar-refractivity contribution in [1.82, 2.24) is 24.7 Å². The maximum Gasteiger partial charge on any atom is 0.405 e. The molecule has 0 unspecified atom stereocenters. The van der Waals surface area contributed by atoms with Crippen molar-refractivity contribution in [2.24, 2.45) is 5.41 Å². The highest BCUT2D eigenvalue weighted by Crippen LogP contribution is 2.26. The van der Waals surface area contributed by atoms with Crippen LogP contribution in [0.2, 0.25) is 0 Å². The van der Waals surface area contributed by atoms with Gasteiger partial charge < -0.3 is 20.2 Å². The van der Waals surface area contributed by atoms with E-state index in [1.165, 1.54) is 10.9 Å². The number of imidazole rings is 1. The van der Waals surface area contributed by atoms with Gasteiger partial charge in [0.1, 0.15) is 6.33 Å². The number of carbonyl (C=O) groups is 3. The Morgan fingerprint density at radius 1 is 1.11 bits per heavy atom. The molecule has 150 valence electrons. The molecule has 2 amide bonds. The molecule has 1 aliphatic rings. The summed E-state index contributed by atoms with van der Waals surface area (Å²) in [6.07, 6.45) is 4.28. The normalized spacial score (nSPS) is 16.7. The fourth-order valence-electron chi connectivity index (χ4n) is 3.66. The Morgan fingerprint density at radius 2 is 1.81 bits per heavy atom. The van der Waals surface area contributed by atoms with Gasteiger partial charge in [0.15, 0.2) is 5.78 Å². The minimum absolute atomic E-state index is 0.100. The maximum absolute atomic E-state index is 12.9. The molecule has 1 aliphatic heterocycles. The maximum atomic E-state index is 12.9. The number of rotatable bonds is 5. The summed E-state index contributed by atoms with van der Waals surface area (Å²) in [6.45, 7) is 9.98. The fourth-order valence-corrected chi connectivity index (χ4v) is 3.66. The van der Waals surface area contributed by atoms with E-state index in [0.717, 1.165) is 13.0 Å². The van der Waals surface area contributed by atoms with Gasteiger partial charge in [0.05, 0.1) is 5.54 Å². The summed E-state index contributed by atoms with van der Waals surface area (Å²) in [4.78, 5) is 44.2. The summed E-state index contributed by atoms with van der Waals surface area (Å²) in [6, 6.07) is -0.100. The molecule has 0 bridgehead atoms. The number of aromatic nitrogens is 2. The first-order valence-electron chi connectivity index (χ1n) is 9.08. The molecule has 0 spiro atoms. The molecule has 2 heterocycles. The van der Waals surface area contributed by atoms with E-state index in [0.29, 0.717) is 26.2 Å². The van der Waals surface area contributed by atoms with Gasteiger partial charge in [-0.05, 0) is 26.8 Å². The van der Waals surface area contributed by atoms with Crippen molar-refractivity contribution in [2.45, 2.75) is 39.7 Å². The molecule has 0 radical (unpaired) electrons. The number of nitrogens with zero attached hydrogens (tertiary/aromatic N) is 4. The number of nitrogens with one attached hydrogen (secondary N) is 1. The molecule has 1 aromatic rings. The van der Waals surface area contributed by atoms with Gasteiger partial charge >= 0.3 is 12.1 Å². The largest absolute Gasteiger partial charge is 0.465 e. The van der Waals surface area contributed by atoms with Crippen molar-refractivity contribution in [1.29, 1.82) is 0 Å². The van der Waals surface area contributed by atoms with E-state index in [1.807, 2.05) is 13.8 Å². The minimum Gasteiger partial charge on any atom is -0.465 e. The summed E-state index contributed by atoms with van der Waals surface area (Å²) < 4.78 is 1.46. The zero-order valence-electron chi connectivity index (χ0n) is 16.4. The molecule has 0 atom stereocenters. The summed E-state index contributed by atoms with van der Waals surface area (Å²) in [5, 5.41) is 11.3. The molecule has 9 heteroatoms. The zero-order valence-corrected chi connectivity index (χ0v) is 16.4. The number of carboxylic acid groups (broad SMARTS) is 1. The Hall–Kier alpha value is -2.42. The lowest BCUT2D eigenvalue weighted by atomic mass is 9.78. The van der Waals surface area contributed by atoms with Gasteiger partial charge in [-0.15, -0.1) is 0 Å². The molecule has 2 rings (SSSR count). The third-order valence-electron chi connectivity index (χ3n) is 4.80. The van der Waals surface area contributed by atoms with Crippen molar-refractivity contribution in [3.8, 4) is 0 Å². The lowest BCUT2D eigenvalue weighted by Gasteiger charge is -2.36. The standard InChI is InChI=1S/C18H29N5O4/c1-17(2,14(24)18(3,4)20-15(25)26)12-21-7-5-8-22(11-10-21)16(27)23-9-6-19-13-23/h6,9,13,20H,5,7-8,10-12H2,1-4H3,(H,25,26). The first-order valence-corrected chi connectivity index (χ1v) is 9.08. The van der Waals surface area contributed by atoms with Crippen molar-refractivity contribution in [2.75, 3.05) is 32.7 Å². The van der Waals surface area contributed by atoms with Gasteiger partial charge in [0.25, 0.3) is 0 Å². The van der Waals surface area contributed by atoms with Crippen molar-refractivity contribution >= 4 is 17.9 Å². The summed E-state index contributed by atoms with van der Waals surface area (Å²) in [5.41, 5.74) is -1.89. The van der Waals surface area contributed by atoms with E-state index >= 15 is 0 Å². The SMILES string of the molecule is CC(C)(CN1CCCN(C(=O)n2ccnc2)CC1)C(=O)C(C)(C)NC(=O)O. The number of ketones is 1. The lowest BCUT2D eigenvalue weighted by Crippen LogP contribution is -2.56. The lowest BCUT2D eigenvalue weighted by molar-refractivity contribution is -0.133. The molecular formula is C18H29N5O4. The predicted molar refractivity (Wildman–Crippen MR) is 99.7 cm³/mol. The quantitative estimate of drug-likeness (QED) is 0.803. The average molecular weight is 379 g/mol. The number of Topliss-reactive ketones (excluding diaryl/α,β-unsaturated/α-hetero) is 1. The van der Waals surface area contributed by atoms with Gasteiger partial charge in [0, 0.05) is 44.0 Å². The van der Waals surface area contributed by atoms with Gasteiger partial charge in [0.2, 0.25) is 0 Å². The van der Waals surface area contributed by atoms with Gasteiger partial charge in [-0.25, -0.2) is 14.6 Å². The van der Waals surface area contributed by atoms with Crippen LogP contribution in [-0.4, -0.2) is 80.6 Å². The molecular weight excluding hydrogens is 350 g/mol. The molecule has 1 aromatic heterocycles. The Bertz CT molecular complexity index is 684. The van der Waals surface area contributed by atoms with Crippen LogP contribution in [0.25, 0.3) is 0 Å². The van der Waals surface area contributed by atoms with Crippen molar-refractivity contribution < 1.29 is 19.5 Å². The van der Waals surface area contributed by atoms with E-state index in [2.05, 4.69) is 15.2 Å². The summed E-state index contributed by atoms with van der Waals surface area (Å²) in [7, 11) is 0. The van der Waals surface area contributed by atoms with Crippen LogP contribution in [0.4, 0.5) is 9.59 Å². The van der Waals surface area contributed by atoms with Crippen molar-refractivity contribution in [3.63, 3.8) is 0 Å². The van der Waals surface area contributed by atoms with Crippen LogP contribution in [0.5, 0.6) is 0 Å². The third-order valence-corrected chi connectivity index (χ3v) is 4.80. The topological polar surface area (TPSA) is 108 Å².